The zero-order chi connectivity index (χ0) is 11.7. The highest BCUT2D eigenvalue weighted by atomic mass is 35.5. The van der Waals surface area contributed by atoms with Crippen molar-refractivity contribution in [1.29, 1.82) is 0 Å². The van der Waals surface area contributed by atoms with Crippen molar-refractivity contribution in [3.8, 4) is 0 Å². The second kappa shape index (κ2) is 5.76. The summed E-state index contributed by atoms with van der Waals surface area (Å²) in [6.45, 7) is 3.35. The number of carbonyl (C=O) groups excluding carboxylic acids is 1. The molecule has 1 saturated heterocycles. The van der Waals surface area contributed by atoms with Crippen LogP contribution in [0.1, 0.15) is 23.9 Å². The van der Waals surface area contributed by atoms with Gasteiger partial charge in [0.1, 0.15) is 0 Å². The Labute approximate surface area is 111 Å². The molecule has 96 valence electrons. The predicted octanol–water partition coefficient (Wildman–Crippen LogP) is 2.16. The standard InChI is InChI=1S/C11H15ClN2O2.ClH/c1-7-4-8(5-13)6-14(7)11(15)9-2-3-10(12)16-9;/h2-3,7-8H,4-6,13H2,1H3;1H. The molecule has 1 amide bonds. The van der Waals surface area contributed by atoms with Gasteiger partial charge in [-0.15, -0.1) is 12.4 Å². The first-order chi connectivity index (χ1) is 7.61. The number of furan rings is 1. The maximum Gasteiger partial charge on any atom is 0.289 e. The first kappa shape index (κ1) is 14.4. The summed E-state index contributed by atoms with van der Waals surface area (Å²) in [4.78, 5) is 13.9. The number of nitrogens with zero attached hydrogens (tertiary/aromatic N) is 1. The number of hydrogen-bond donors (Lipinski definition) is 1. The van der Waals surface area contributed by atoms with E-state index >= 15 is 0 Å². The molecule has 1 aromatic rings. The van der Waals surface area contributed by atoms with Crippen molar-refractivity contribution < 1.29 is 9.21 Å². The molecule has 17 heavy (non-hydrogen) atoms. The van der Waals surface area contributed by atoms with Crippen LogP contribution in [-0.4, -0.2) is 29.9 Å². The average molecular weight is 279 g/mol. The van der Waals surface area contributed by atoms with E-state index in [1.807, 2.05) is 6.92 Å². The third kappa shape index (κ3) is 2.94. The molecule has 0 bridgehead atoms. The summed E-state index contributed by atoms with van der Waals surface area (Å²) < 4.78 is 5.12. The van der Waals surface area contributed by atoms with Crippen LogP contribution in [0, 0.1) is 5.92 Å². The molecule has 2 heterocycles. The molecule has 1 aliphatic rings. The van der Waals surface area contributed by atoms with Gasteiger partial charge in [-0.05, 0) is 49.5 Å². The number of likely N-dealkylation sites (tertiary alicyclic amines) is 1. The summed E-state index contributed by atoms with van der Waals surface area (Å²) in [6, 6.07) is 3.40. The fourth-order valence-electron chi connectivity index (χ4n) is 2.17. The Morgan fingerprint density at radius 1 is 1.65 bits per heavy atom. The third-order valence-electron chi connectivity index (χ3n) is 3.04. The molecule has 0 radical (unpaired) electrons. The van der Waals surface area contributed by atoms with Crippen LogP contribution in [0.15, 0.2) is 16.5 Å². The number of nitrogens with two attached hydrogens (primary N) is 1. The van der Waals surface area contributed by atoms with Crippen LogP contribution in [0.5, 0.6) is 0 Å². The summed E-state index contributed by atoms with van der Waals surface area (Å²) >= 11 is 5.65. The minimum absolute atomic E-state index is 0. The van der Waals surface area contributed by atoms with Crippen LogP contribution >= 0.6 is 24.0 Å². The van der Waals surface area contributed by atoms with Gasteiger partial charge >= 0.3 is 0 Å². The SMILES string of the molecule is CC1CC(CN)CN1C(=O)c1ccc(Cl)o1.Cl. The molecule has 2 N–H and O–H groups in total. The second-order valence-corrected chi connectivity index (χ2v) is 4.62. The molecule has 0 saturated carbocycles. The molecule has 1 fully saturated rings. The lowest BCUT2D eigenvalue weighted by Crippen LogP contribution is -2.34. The number of halogens is 2. The van der Waals surface area contributed by atoms with Crippen LogP contribution in [0.2, 0.25) is 5.22 Å². The zero-order valence-electron chi connectivity index (χ0n) is 9.56. The van der Waals surface area contributed by atoms with Gasteiger partial charge in [-0.25, -0.2) is 0 Å². The minimum atomic E-state index is -0.102. The van der Waals surface area contributed by atoms with Crippen LogP contribution in [0.3, 0.4) is 0 Å². The van der Waals surface area contributed by atoms with Crippen LogP contribution < -0.4 is 5.73 Å². The minimum Gasteiger partial charge on any atom is -0.440 e. The molecule has 0 aliphatic carbocycles. The number of rotatable bonds is 2. The lowest BCUT2D eigenvalue weighted by molar-refractivity contribution is 0.0711. The lowest BCUT2D eigenvalue weighted by Gasteiger charge is -2.19. The van der Waals surface area contributed by atoms with Gasteiger partial charge in [0.25, 0.3) is 5.91 Å². The van der Waals surface area contributed by atoms with Gasteiger partial charge in [0.2, 0.25) is 0 Å². The molecule has 2 unspecified atom stereocenters. The Morgan fingerprint density at radius 2 is 2.35 bits per heavy atom. The maximum atomic E-state index is 12.1. The van der Waals surface area contributed by atoms with Gasteiger partial charge in [0.15, 0.2) is 11.0 Å². The smallest absolute Gasteiger partial charge is 0.289 e. The fourth-order valence-corrected chi connectivity index (χ4v) is 2.31. The number of carbonyl (C=O) groups is 1. The molecule has 6 heteroatoms. The first-order valence-electron chi connectivity index (χ1n) is 5.38. The summed E-state index contributed by atoms with van der Waals surface area (Å²) in [5.74, 6) is 0.592. The third-order valence-corrected chi connectivity index (χ3v) is 3.24. The van der Waals surface area contributed by atoms with E-state index in [0.29, 0.717) is 24.8 Å². The Hall–Kier alpha value is -0.710. The summed E-state index contributed by atoms with van der Waals surface area (Å²) in [5, 5.41) is 0.241. The van der Waals surface area contributed by atoms with Crippen molar-refractivity contribution in [2.45, 2.75) is 19.4 Å². The van der Waals surface area contributed by atoms with Crippen molar-refractivity contribution in [2.24, 2.45) is 11.7 Å². The van der Waals surface area contributed by atoms with E-state index in [9.17, 15) is 4.79 Å². The quantitative estimate of drug-likeness (QED) is 0.902. The van der Waals surface area contributed by atoms with Crippen molar-refractivity contribution in [1.82, 2.24) is 4.90 Å². The van der Waals surface area contributed by atoms with Crippen molar-refractivity contribution in [2.75, 3.05) is 13.1 Å². The summed E-state index contributed by atoms with van der Waals surface area (Å²) in [6.07, 6.45) is 0.955. The Bertz CT molecular complexity index is 395. The second-order valence-electron chi connectivity index (χ2n) is 4.25. The molecule has 1 aliphatic heterocycles. The Balaban J connectivity index is 0.00000144. The topological polar surface area (TPSA) is 59.5 Å². The van der Waals surface area contributed by atoms with Crippen molar-refractivity contribution in [3.63, 3.8) is 0 Å². The monoisotopic (exact) mass is 278 g/mol. The molecule has 0 aromatic carbocycles. The molecule has 2 atom stereocenters. The van der Waals surface area contributed by atoms with E-state index in [2.05, 4.69) is 0 Å². The van der Waals surface area contributed by atoms with Crippen LogP contribution in [0.25, 0.3) is 0 Å². The van der Waals surface area contributed by atoms with Gasteiger partial charge in [-0.2, -0.15) is 0 Å². The molecule has 2 rings (SSSR count). The molecule has 1 aromatic heterocycles. The normalized spacial score (nSPS) is 23.6. The Kier molecular flexibility index (Phi) is 4.86. The zero-order valence-corrected chi connectivity index (χ0v) is 11.1. The van der Waals surface area contributed by atoms with E-state index in [1.165, 1.54) is 0 Å². The average Bonchev–Trinajstić information content (AvgIpc) is 2.83. The molecular weight excluding hydrogens is 263 g/mol. The largest absolute Gasteiger partial charge is 0.440 e. The fraction of sp³-hybridized carbons (Fsp3) is 0.545. The maximum absolute atomic E-state index is 12.1. The highest BCUT2D eigenvalue weighted by Crippen LogP contribution is 2.25. The molecule has 0 spiro atoms. The number of amides is 1. The van der Waals surface area contributed by atoms with Crippen molar-refractivity contribution in [3.05, 3.63) is 23.1 Å². The highest BCUT2D eigenvalue weighted by molar-refractivity contribution is 6.29. The number of hydrogen-bond acceptors (Lipinski definition) is 3. The summed E-state index contributed by atoms with van der Waals surface area (Å²) in [5.41, 5.74) is 5.62. The van der Waals surface area contributed by atoms with E-state index in [-0.39, 0.29) is 29.6 Å². The van der Waals surface area contributed by atoms with Crippen LogP contribution in [0.4, 0.5) is 0 Å². The van der Waals surface area contributed by atoms with E-state index in [1.54, 1.807) is 17.0 Å². The highest BCUT2D eigenvalue weighted by Gasteiger charge is 2.33. The predicted molar refractivity (Wildman–Crippen MR) is 68.6 cm³/mol. The van der Waals surface area contributed by atoms with Crippen molar-refractivity contribution >= 4 is 29.9 Å². The van der Waals surface area contributed by atoms with E-state index < -0.39 is 0 Å². The van der Waals surface area contributed by atoms with Gasteiger partial charge in [0, 0.05) is 12.6 Å². The van der Waals surface area contributed by atoms with E-state index in [4.69, 9.17) is 21.8 Å². The first-order valence-corrected chi connectivity index (χ1v) is 5.76. The van der Waals surface area contributed by atoms with Gasteiger partial charge < -0.3 is 15.1 Å². The lowest BCUT2D eigenvalue weighted by atomic mass is 10.1. The van der Waals surface area contributed by atoms with E-state index in [0.717, 1.165) is 6.42 Å². The summed E-state index contributed by atoms with van der Waals surface area (Å²) in [7, 11) is 0. The van der Waals surface area contributed by atoms with Crippen LogP contribution in [-0.2, 0) is 0 Å². The Morgan fingerprint density at radius 3 is 2.82 bits per heavy atom. The van der Waals surface area contributed by atoms with Gasteiger partial charge in [-0.3, -0.25) is 4.79 Å². The molecule has 4 nitrogen and oxygen atoms in total. The van der Waals surface area contributed by atoms with Gasteiger partial charge in [0.05, 0.1) is 0 Å². The molecular formula is C11H16Cl2N2O2. The van der Waals surface area contributed by atoms with Gasteiger partial charge in [-0.1, -0.05) is 0 Å².